The molecule has 0 aliphatic rings. The maximum absolute atomic E-state index is 2.41. The lowest BCUT2D eigenvalue weighted by Gasteiger charge is -2.18. The van der Waals surface area contributed by atoms with Gasteiger partial charge in [-0.05, 0) is 211 Å². The van der Waals surface area contributed by atoms with Gasteiger partial charge in [0, 0.05) is 0 Å². The highest BCUT2D eigenvalue weighted by atomic mass is 14.2. The average Bonchev–Trinajstić information content (AvgIpc) is 3.04. The van der Waals surface area contributed by atoms with Crippen LogP contribution in [0.3, 0.4) is 0 Å². The number of benzene rings is 6. The van der Waals surface area contributed by atoms with Crippen molar-refractivity contribution >= 4 is 0 Å². The quantitative estimate of drug-likeness (QED) is 0.185. The molecule has 0 aromatic heterocycles. The molecule has 0 amide bonds. The second-order valence-corrected chi connectivity index (χ2v) is 13.6. The first-order valence-corrected chi connectivity index (χ1v) is 16.5. The molecule has 0 nitrogen and oxygen atoms in total. The smallest absolute Gasteiger partial charge is 0.0146 e. The summed E-state index contributed by atoms with van der Waals surface area (Å²) in [5.41, 5.74) is 26.1. The molecule has 6 rings (SSSR count). The minimum Gasteiger partial charge on any atom is -0.0622 e. The molecular formula is C46H46. The van der Waals surface area contributed by atoms with E-state index in [0.29, 0.717) is 0 Å². The van der Waals surface area contributed by atoms with Gasteiger partial charge in [-0.3, -0.25) is 0 Å². The van der Waals surface area contributed by atoms with Gasteiger partial charge in [0.2, 0.25) is 0 Å². The van der Waals surface area contributed by atoms with Crippen molar-refractivity contribution in [3.63, 3.8) is 0 Å². The summed E-state index contributed by atoms with van der Waals surface area (Å²) in [5.74, 6) is 0. The van der Waals surface area contributed by atoms with Crippen molar-refractivity contribution < 1.29 is 0 Å². The van der Waals surface area contributed by atoms with Crippen LogP contribution >= 0.6 is 0 Å². The highest BCUT2D eigenvalue weighted by Crippen LogP contribution is 2.39. The summed E-state index contributed by atoms with van der Waals surface area (Å²) in [7, 11) is 0. The van der Waals surface area contributed by atoms with Gasteiger partial charge >= 0.3 is 0 Å². The van der Waals surface area contributed by atoms with Crippen LogP contribution in [-0.4, -0.2) is 0 Å². The molecule has 0 heteroatoms. The number of hydrogen-bond acceptors (Lipinski definition) is 0. The summed E-state index contributed by atoms with van der Waals surface area (Å²) < 4.78 is 0. The third-order valence-corrected chi connectivity index (χ3v) is 10.5. The molecule has 0 radical (unpaired) electrons. The Morgan fingerprint density at radius 3 is 0.891 bits per heavy atom. The van der Waals surface area contributed by atoms with Gasteiger partial charge in [0.1, 0.15) is 0 Å². The van der Waals surface area contributed by atoms with Gasteiger partial charge in [0.15, 0.2) is 0 Å². The van der Waals surface area contributed by atoms with Gasteiger partial charge in [0.05, 0.1) is 0 Å². The summed E-state index contributed by atoms with van der Waals surface area (Å²) in [6.07, 6.45) is 0. The Labute approximate surface area is 276 Å². The van der Waals surface area contributed by atoms with Crippen LogP contribution in [0.25, 0.3) is 55.6 Å². The maximum Gasteiger partial charge on any atom is -0.0146 e. The normalized spacial score (nSPS) is 11.3. The van der Waals surface area contributed by atoms with Crippen LogP contribution in [0, 0.1) is 69.2 Å². The third kappa shape index (κ3) is 5.85. The van der Waals surface area contributed by atoms with E-state index in [9.17, 15) is 0 Å². The zero-order valence-corrected chi connectivity index (χ0v) is 29.2. The van der Waals surface area contributed by atoms with Gasteiger partial charge in [-0.1, -0.05) is 66.7 Å². The molecule has 0 unspecified atom stereocenters. The SMILES string of the molecule is Cc1cc(-c2cc(-c3cc(-c4ccccc4)cc(-c4cc(C)c(C)c(-c5cc(C)c(C)c(C)c5)c4)c3)cc(C)c2C)cc(C)c1C. The van der Waals surface area contributed by atoms with Crippen molar-refractivity contribution in [2.24, 2.45) is 0 Å². The first kappa shape index (κ1) is 31.3. The molecule has 0 saturated carbocycles. The molecule has 0 bridgehead atoms. The Morgan fingerprint density at radius 2 is 0.522 bits per heavy atom. The highest BCUT2D eigenvalue weighted by Gasteiger charge is 2.15. The molecule has 0 spiro atoms. The van der Waals surface area contributed by atoms with Gasteiger partial charge in [0.25, 0.3) is 0 Å². The van der Waals surface area contributed by atoms with E-state index in [1.165, 1.54) is 111 Å². The monoisotopic (exact) mass is 598 g/mol. The fourth-order valence-corrected chi connectivity index (χ4v) is 6.79. The summed E-state index contributed by atoms with van der Waals surface area (Å²) in [6.45, 7) is 22.4. The summed E-state index contributed by atoms with van der Waals surface area (Å²) in [6, 6.07) is 36.9. The Kier molecular flexibility index (Phi) is 8.34. The molecule has 46 heavy (non-hydrogen) atoms. The van der Waals surface area contributed by atoms with Crippen LogP contribution in [0.4, 0.5) is 0 Å². The number of aryl methyl sites for hydroxylation is 6. The molecule has 6 aromatic rings. The molecule has 0 aliphatic carbocycles. The third-order valence-electron chi connectivity index (χ3n) is 10.5. The standard InChI is InChI=1S/C46H46/c1-27-18-43(19-28(2)33(27)7)45-25-38(16-31(5)35(45)9)41-22-40(37-14-12-11-13-15-37)23-42(24-41)39-17-32(6)36(10)46(26-39)44-20-29(3)34(8)30(4)21-44/h11-26H,1-10H3. The predicted octanol–water partition coefficient (Wildman–Crippen LogP) is 13.1. The van der Waals surface area contributed by atoms with Gasteiger partial charge in [-0.2, -0.15) is 0 Å². The first-order chi connectivity index (χ1) is 21.9. The fourth-order valence-electron chi connectivity index (χ4n) is 6.79. The van der Waals surface area contributed by atoms with E-state index in [-0.39, 0.29) is 0 Å². The van der Waals surface area contributed by atoms with Crippen LogP contribution in [0.1, 0.15) is 55.6 Å². The predicted molar refractivity (Wildman–Crippen MR) is 201 cm³/mol. The van der Waals surface area contributed by atoms with Crippen LogP contribution in [0.2, 0.25) is 0 Å². The van der Waals surface area contributed by atoms with Crippen molar-refractivity contribution in [3.8, 4) is 55.6 Å². The van der Waals surface area contributed by atoms with E-state index in [1.54, 1.807) is 0 Å². The summed E-state index contributed by atoms with van der Waals surface area (Å²) in [4.78, 5) is 0. The first-order valence-electron chi connectivity index (χ1n) is 16.5. The zero-order chi connectivity index (χ0) is 32.9. The minimum absolute atomic E-state index is 1.23. The molecule has 0 N–H and O–H groups in total. The zero-order valence-electron chi connectivity index (χ0n) is 29.2. The van der Waals surface area contributed by atoms with Crippen LogP contribution in [0.5, 0.6) is 0 Å². The van der Waals surface area contributed by atoms with Crippen LogP contribution in [-0.2, 0) is 0 Å². The van der Waals surface area contributed by atoms with Crippen molar-refractivity contribution in [2.75, 3.05) is 0 Å². The van der Waals surface area contributed by atoms with Gasteiger partial charge < -0.3 is 0 Å². The van der Waals surface area contributed by atoms with Crippen LogP contribution in [0.15, 0.2) is 97.1 Å². The van der Waals surface area contributed by atoms with Crippen LogP contribution < -0.4 is 0 Å². The molecule has 0 saturated heterocycles. The van der Waals surface area contributed by atoms with Crippen molar-refractivity contribution in [1.29, 1.82) is 0 Å². The molecule has 0 aliphatic heterocycles. The molecular weight excluding hydrogens is 553 g/mol. The molecule has 6 aromatic carbocycles. The van der Waals surface area contributed by atoms with Crippen molar-refractivity contribution in [2.45, 2.75) is 69.2 Å². The topological polar surface area (TPSA) is 0 Å². The Balaban J connectivity index is 1.58. The molecule has 0 fully saturated rings. The fraction of sp³-hybridized carbons (Fsp3) is 0.217. The van der Waals surface area contributed by atoms with E-state index in [2.05, 4.69) is 166 Å². The Hall–Kier alpha value is -4.68. The largest absolute Gasteiger partial charge is 0.0622 e. The van der Waals surface area contributed by atoms with E-state index < -0.39 is 0 Å². The Bertz CT molecular complexity index is 1940. The maximum atomic E-state index is 2.41. The van der Waals surface area contributed by atoms with Crippen molar-refractivity contribution in [3.05, 3.63) is 153 Å². The second kappa shape index (κ2) is 12.3. The molecule has 230 valence electrons. The highest BCUT2D eigenvalue weighted by molar-refractivity contribution is 5.86. The van der Waals surface area contributed by atoms with E-state index >= 15 is 0 Å². The van der Waals surface area contributed by atoms with Crippen molar-refractivity contribution in [1.82, 2.24) is 0 Å². The minimum atomic E-state index is 1.23. The summed E-state index contributed by atoms with van der Waals surface area (Å²) >= 11 is 0. The lowest BCUT2D eigenvalue weighted by Crippen LogP contribution is -1.95. The molecule has 0 heterocycles. The second-order valence-electron chi connectivity index (χ2n) is 13.6. The van der Waals surface area contributed by atoms with E-state index in [1.807, 2.05) is 0 Å². The number of hydrogen-bond donors (Lipinski definition) is 0. The van der Waals surface area contributed by atoms with E-state index in [0.717, 1.165) is 0 Å². The van der Waals surface area contributed by atoms with E-state index in [4.69, 9.17) is 0 Å². The lowest BCUT2D eigenvalue weighted by molar-refractivity contribution is 1.26. The number of rotatable bonds is 5. The van der Waals surface area contributed by atoms with Gasteiger partial charge in [-0.15, -0.1) is 0 Å². The average molecular weight is 599 g/mol. The summed E-state index contributed by atoms with van der Waals surface area (Å²) in [5, 5.41) is 0. The lowest BCUT2D eigenvalue weighted by atomic mass is 9.86. The Morgan fingerprint density at radius 1 is 0.239 bits per heavy atom. The van der Waals surface area contributed by atoms with Gasteiger partial charge in [-0.25, -0.2) is 0 Å². The molecule has 0 atom stereocenters.